The molecular formula is C23H29NO8S. The van der Waals surface area contributed by atoms with Gasteiger partial charge in [0.2, 0.25) is 0 Å². The van der Waals surface area contributed by atoms with E-state index in [9.17, 15) is 13.2 Å². The average molecular weight is 480 g/mol. The Hall–Kier alpha value is -3.40. The summed E-state index contributed by atoms with van der Waals surface area (Å²) in [6.07, 6.45) is 1.60. The Balaban J connectivity index is 2.24. The molecule has 180 valence electrons. The minimum Gasteiger partial charge on any atom is -0.496 e. The van der Waals surface area contributed by atoms with Gasteiger partial charge < -0.3 is 29.0 Å². The van der Waals surface area contributed by atoms with Gasteiger partial charge >= 0.3 is 5.97 Å². The van der Waals surface area contributed by atoms with Crippen molar-refractivity contribution in [3.8, 4) is 23.0 Å². The smallest absolute Gasteiger partial charge is 0.307 e. The van der Waals surface area contributed by atoms with E-state index in [0.717, 1.165) is 5.41 Å². The number of rotatable bonds is 12. The first kappa shape index (κ1) is 25.9. The number of hydrogen-bond acceptors (Lipinski definition) is 9. The Labute approximate surface area is 194 Å². The van der Waals surface area contributed by atoms with E-state index < -0.39 is 9.84 Å². The third-order valence-corrected chi connectivity index (χ3v) is 5.99. The van der Waals surface area contributed by atoms with Crippen LogP contribution in [0.15, 0.2) is 35.7 Å². The molecule has 2 aromatic rings. The average Bonchev–Trinajstić information content (AvgIpc) is 2.81. The van der Waals surface area contributed by atoms with E-state index in [2.05, 4.69) is 10.1 Å². The summed E-state index contributed by atoms with van der Waals surface area (Å²) in [6.45, 7) is 0.316. The molecule has 0 fully saturated rings. The van der Waals surface area contributed by atoms with E-state index in [-0.39, 0.29) is 18.1 Å². The number of methoxy groups -OCH3 is 5. The number of carbonyl (C=O) groups is 1. The molecule has 0 heterocycles. The second-order valence-electron chi connectivity index (χ2n) is 6.84. The lowest BCUT2D eigenvalue weighted by Gasteiger charge is -2.13. The van der Waals surface area contributed by atoms with Gasteiger partial charge in [-0.15, -0.1) is 0 Å². The first-order valence-corrected chi connectivity index (χ1v) is 11.7. The van der Waals surface area contributed by atoms with Gasteiger partial charge in [-0.3, -0.25) is 4.79 Å². The predicted octanol–water partition coefficient (Wildman–Crippen LogP) is 3.28. The van der Waals surface area contributed by atoms with Crippen LogP contribution in [0, 0.1) is 0 Å². The zero-order chi connectivity index (χ0) is 24.4. The summed E-state index contributed by atoms with van der Waals surface area (Å²) in [5.74, 6) is 1.30. The summed E-state index contributed by atoms with van der Waals surface area (Å²) < 4.78 is 51.5. The van der Waals surface area contributed by atoms with Crippen LogP contribution in [0.5, 0.6) is 23.0 Å². The van der Waals surface area contributed by atoms with Crippen molar-refractivity contribution in [1.82, 2.24) is 0 Å². The molecule has 0 amide bonds. The van der Waals surface area contributed by atoms with Crippen molar-refractivity contribution in [2.75, 3.05) is 47.4 Å². The summed E-state index contributed by atoms with van der Waals surface area (Å²) in [6, 6.07) is 8.31. The Bertz CT molecular complexity index is 1070. The van der Waals surface area contributed by atoms with Crippen LogP contribution in [-0.2, 0) is 25.1 Å². The van der Waals surface area contributed by atoms with E-state index >= 15 is 0 Å². The largest absolute Gasteiger partial charge is 0.496 e. The lowest BCUT2D eigenvalue weighted by Crippen LogP contribution is -2.10. The first-order chi connectivity index (χ1) is 15.8. The van der Waals surface area contributed by atoms with Crippen molar-refractivity contribution in [2.24, 2.45) is 0 Å². The van der Waals surface area contributed by atoms with Gasteiger partial charge in [0.15, 0.2) is 9.84 Å². The molecule has 9 nitrogen and oxygen atoms in total. The Kier molecular flexibility index (Phi) is 9.41. The highest BCUT2D eigenvalue weighted by atomic mass is 32.2. The van der Waals surface area contributed by atoms with Crippen LogP contribution in [0.1, 0.15) is 17.5 Å². The fraction of sp³-hybridized carbons (Fsp3) is 0.348. The highest BCUT2D eigenvalue weighted by molar-refractivity contribution is 7.93. The summed E-state index contributed by atoms with van der Waals surface area (Å²) in [4.78, 5) is 11.3. The van der Waals surface area contributed by atoms with Crippen LogP contribution in [0.2, 0.25) is 0 Å². The third kappa shape index (κ3) is 7.31. The summed E-state index contributed by atoms with van der Waals surface area (Å²) >= 11 is 0. The number of carbonyl (C=O) groups excluding carboxylic acids is 1. The Morgan fingerprint density at radius 1 is 0.909 bits per heavy atom. The van der Waals surface area contributed by atoms with Crippen LogP contribution >= 0.6 is 0 Å². The number of anilines is 1. The molecule has 33 heavy (non-hydrogen) atoms. The molecule has 0 aliphatic carbocycles. The molecule has 0 atom stereocenters. The van der Waals surface area contributed by atoms with Crippen molar-refractivity contribution in [3.05, 3.63) is 46.9 Å². The zero-order valence-electron chi connectivity index (χ0n) is 19.3. The van der Waals surface area contributed by atoms with Gasteiger partial charge in [-0.05, 0) is 23.8 Å². The fourth-order valence-corrected chi connectivity index (χ4v) is 4.12. The molecule has 0 aromatic heterocycles. The summed E-state index contributed by atoms with van der Waals surface area (Å²) in [5, 5.41) is 4.19. The topological polar surface area (TPSA) is 109 Å². The zero-order valence-corrected chi connectivity index (χ0v) is 20.2. The molecule has 0 aliphatic heterocycles. The maximum atomic E-state index is 12.8. The van der Waals surface area contributed by atoms with Gasteiger partial charge in [-0.2, -0.15) is 0 Å². The number of sulfone groups is 1. The molecular weight excluding hydrogens is 450 g/mol. The molecule has 0 aliphatic rings. The third-order valence-electron chi connectivity index (χ3n) is 4.70. The monoisotopic (exact) mass is 479 g/mol. The molecule has 2 aromatic carbocycles. The standard InChI is InChI=1S/C23H29NO8S/c1-28-17-13-21(30-3)18(22(14-17)31-4)9-11-33(26,27)15-16-6-7-20(29-2)19(12-16)24-10-8-23(25)32-5/h6-7,9,11-14,24H,8,10,15H2,1-5H3/b11-9+. The second-order valence-corrected chi connectivity index (χ2v) is 8.73. The minimum absolute atomic E-state index is 0.163. The lowest BCUT2D eigenvalue weighted by atomic mass is 10.1. The second kappa shape index (κ2) is 12.0. The molecule has 0 saturated carbocycles. The van der Waals surface area contributed by atoms with Gasteiger partial charge in [0.25, 0.3) is 0 Å². The van der Waals surface area contributed by atoms with Crippen LogP contribution < -0.4 is 24.3 Å². The minimum atomic E-state index is -3.64. The van der Waals surface area contributed by atoms with Crippen LogP contribution in [0.25, 0.3) is 6.08 Å². The van der Waals surface area contributed by atoms with Crippen LogP contribution in [0.3, 0.4) is 0 Å². The van der Waals surface area contributed by atoms with Gasteiger partial charge in [-0.25, -0.2) is 8.42 Å². The Morgan fingerprint density at radius 3 is 2.09 bits per heavy atom. The molecule has 1 N–H and O–H groups in total. The van der Waals surface area contributed by atoms with E-state index in [1.807, 2.05) is 0 Å². The van der Waals surface area contributed by atoms with Gasteiger partial charge in [0.05, 0.1) is 59.0 Å². The molecule has 10 heteroatoms. The van der Waals surface area contributed by atoms with E-state index in [1.54, 1.807) is 30.3 Å². The quantitative estimate of drug-likeness (QED) is 0.459. The summed E-state index contributed by atoms with van der Waals surface area (Å²) in [7, 11) is 3.66. The van der Waals surface area contributed by atoms with Crippen LogP contribution in [0.4, 0.5) is 5.69 Å². The molecule has 2 rings (SSSR count). The number of benzene rings is 2. The Morgan fingerprint density at radius 2 is 1.55 bits per heavy atom. The number of hydrogen-bond donors (Lipinski definition) is 1. The van der Waals surface area contributed by atoms with Crippen molar-refractivity contribution >= 4 is 27.6 Å². The van der Waals surface area contributed by atoms with Crippen LogP contribution in [-0.4, -0.2) is 56.5 Å². The SMILES string of the molecule is COC(=O)CCNc1cc(CS(=O)(=O)/C=C/c2c(OC)cc(OC)cc2OC)ccc1OC. The van der Waals surface area contributed by atoms with E-state index in [0.29, 0.717) is 46.4 Å². The first-order valence-electron chi connectivity index (χ1n) is 9.95. The van der Waals surface area contributed by atoms with Crippen molar-refractivity contribution in [3.63, 3.8) is 0 Å². The van der Waals surface area contributed by atoms with Gasteiger partial charge in [-0.1, -0.05) is 6.07 Å². The number of esters is 1. The maximum absolute atomic E-state index is 12.8. The van der Waals surface area contributed by atoms with Gasteiger partial charge in [0.1, 0.15) is 23.0 Å². The summed E-state index contributed by atoms with van der Waals surface area (Å²) in [5.41, 5.74) is 1.61. The normalized spacial score (nSPS) is 11.2. The van der Waals surface area contributed by atoms with E-state index in [1.165, 1.54) is 41.6 Å². The van der Waals surface area contributed by atoms with Crippen molar-refractivity contribution in [1.29, 1.82) is 0 Å². The molecule has 0 bridgehead atoms. The highest BCUT2D eigenvalue weighted by Gasteiger charge is 2.15. The highest BCUT2D eigenvalue weighted by Crippen LogP contribution is 2.35. The molecule has 0 spiro atoms. The molecule has 0 unspecified atom stereocenters. The van der Waals surface area contributed by atoms with Crippen molar-refractivity contribution in [2.45, 2.75) is 12.2 Å². The predicted molar refractivity (Wildman–Crippen MR) is 126 cm³/mol. The van der Waals surface area contributed by atoms with Crippen molar-refractivity contribution < 1.29 is 36.9 Å². The molecule has 0 saturated heterocycles. The number of nitrogens with one attached hydrogen (secondary N) is 1. The fourth-order valence-electron chi connectivity index (χ4n) is 3.03. The molecule has 0 radical (unpaired) electrons. The van der Waals surface area contributed by atoms with E-state index in [4.69, 9.17) is 18.9 Å². The van der Waals surface area contributed by atoms with Gasteiger partial charge in [0, 0.05) is 24.1 Å². The maximum Gasteiger partial charge on any atom is 0.307 e. The lowest BCUT2D eigenvalue weighted by molar-refractivity contribution is -0.140. The number of ether oxygens (including phenoxy) is 5.